The van der Waals surface area contributed by atoms with Crippen LogP contribution in [0, 0.1) is 0 Å². The molecule has 1 aromatic carbocycles. The number of halogens is 2. The molecule has 15 heavy (non-hydrogen) atoms. The van der Waals surface area contributed by atoms with Crippen LogP contribution < -0.4 is 0 Å². The summed E-state index contributed by atoms with van der Waals surface area (Å²) < 4.78 is 25.6. The zero-order chi connectivity index (χ0) is 11.5. The van der Waals surface area contributed by atoms with Crippen molar-refractivity contribution in [1.29, 1.82) is 0 Å². The number of hydrogen-bond donors (Lipinski definition) is 1. The first-order chi connectivity index (χ1) is 6.95. The van der Waals surface area contributed by atoms with Gasteiger partial charge < -0.3 is 5.11 Å². The number of thioether (sulfide) groups is 1. The van der Waals surface area contributed by atoms with Gasteiger partial charge in [0.05, 0.1) is 0 Å². The summed E-state index contributed by atoms with van der Waals surface area (Å²) in [6, 6.07) is 6.42. The van der Waals surface area contributed by atoms with Gasteiger partial charge in [0.2, 0.25) is 0 Å². The van der Waals surface area contributed by atoms with Gasteiger partial charge in [0.1, 0.15) is 0 Å². The molecule has 0 aliphatic heterocycles. The minimum Gasteiger partial charge on any atom is -0.477 e. The Hall–Kier alpha value is -1.10. The largest absolute Gasteiger partial charge is 0.477 e. The number of carboxylic acid groups (broad SMARTS) is 1. The van der Waals surface area contributed by atoms with E-state index in [0.29, 0.717) is 5.56 Å². The van der Waals surface area contributed by atoms with Crippen molar-refractivity contribution in [3.63, 3.8) is 0 Å². The molecular formula is C10H10F2O2S. The first kappa shape index (κ1) is 12.0. The van der Waals surface area contributed by atoms with Gasteiger partial charge in [-0.3, -0.25) is 0 Å². The molecule has 1 aromatic rings. The van der Waals surface area contributed by atoms with Crippen LogP contribution in [0.3, 0.4) is 0 Å². The molecule has 0 fully saturated rings. The quantitative estimate of drug-likeness (QED) is 0.811. The van der Waals surface area contributed by atoms with Gasteiger partial charge in [-0.15, -0.1) is 11.8 Å². The Morgan fingerprint density at radius 2 is 1.93 bits per heavy atom. The van der Waals surface area contributed by atoms with Gasteiger partial charge in [0.25, 0.3) is 0 Å². The summed E-state index contributed by atoms with van der Waals surface area (Å²) in [5.41, 5.74) is 0.320. The molecule has 82 valence electrons. The van der Waals surface area contributed by atoms with Crippen molar-refractivity contribution >= 4 is 17.7 Å². The highest BCUT2D eigenvalue weighted by Gasteiger charge is 2.38. The van der Waals surface area contributed by atoms with Crippen LogP contribution in [0.5, 0.6) is 0 Å². The lowest BCUT2D eigenvalue weighted by Gasteiger charge is -2.10. The van der Waals surface area contributed by atoms with Crippen molar-refractivity contribution < 1.29 is 18.7 Å². The lowest BCUT2D eigenvalue weighted by Crippen LogP contribution is -2.30. The maximum absolute atomic E-state index is 12.8. The summed E-state index contributed by atoms with van der Waals surface area (Å²) in [4.78, 5) is 11.2. The highest BCUT2D eigenvalue weighted by molar-refractivity contribution is 7.98. The van der Waals surface area contributed by atoms with Crippen LogP contribution in [0.25, 0.3) is 0 Å². The molecule has 0 heterocycles. The third-order valence-electron chi connectivity index (χ3n) is 1.90. The second-order valence-electron chi connectivity index (χ2n) is 3.03. The molecule has 0 amide bonds. The fraction of sp³-hybridized carbons (Fsp3) is 0.300. The molecular weight excluding hydrogens is 222 g/mol. The van der Waals surface area contributed by atoms with E-state index in [4.69, 9.17) is 5.11 Å². The van der Waals surface area contributed by atoms with Crippen molar-refractivity contribution in [2.75, 3.05) is 6.26 Å². The first-order valence-corrected chi connectivity index (χ1v) is 5.42. The SMILES string of the molecule is CSc1ccc(CC(F)(F)C(=O)O)cc1. The van der Waals surface area contributed by atoms with Crippen molar-refractivity contribution in [2.45, 2.75) is 17.2 Å². The van der Waals surface area contributed by atoms with Gasteiger partial charge in [0.15, 0.2) is 0 Å². The standard InChI is InChI=1S/C10H10F2O2S/c1-15-8-4-2-7(3-5-8)6-10(11,12)9(13)14/h2-5H,6H2,1H3,(H,13,14). The molecule has 0 bridgehead atoms. The van der Waals surface area contributed by atoms with Gasteiger partial charge in [-0.1, -0.05) is 12.1 Å². The summed E-state index contributed by atoms with van der Waals surface area (Å²) in [6.07, 6.45) is 1.11. The number of carbonyl (C=O) groups is 1. The third-order valence-corrected chi connectivity index (χ3v) is 2.64. The van der Waals surface area contributed by atoms with Crippen molar-refractivity contribution in [2.24, 2.45) is 0 Å². The van der Waals surface area contributed by atoms with Gasteiger partial charge >= 0.3 is 11.9 Å². The number of rotatable bonds is 4. The van der Waals surface area contributed by atoms with Crippen LogP contribution in [0.2, 0.25) is 0 Å². The molecule has 1 rings (SSSR count). The molecule has 0 spiro atoms. The molecule has 0 saturated carbocycles. The second-order valence-corrected chi connectivity index (χ2v) is 3.91. The molecule has 5 heteroatoms. The molecule has 2 nitrogen and oxygen atoms in total. The zero-order valence-corrected chi connectivity index (χ0v) is 8.85. The Kier molecular flexibility index (Phi) is 3.68. The number of benzene rings is 1. The van der Waals surface area contributed by atoms with Gasteiger partial charge in [0, 0.05) is 11.3 Å². The third kappa shape index (κ3) is 3.20. The average molecular weight is 232 g/mol. The van der Waals surface area contributed by atoms with Crippen molar-refractivity contribution in [3.8, 4) is 0 Å². The monoisotopic (exact) mass is 232 g/mol. The summed E-state index contributed by atoms with van der Waals surface area (Å²) >= 11 is 1.50. The lowest BCUT2D eigenvalue weighted by molar-refractivity contribution is -0.164. The van der Waals surface area contributed by atoms with E-state index in [1.165, 1.54) is 23.9 Å². The molecule has 0 aliphatic rings. The lowest BCUT2D eigenvalue weighted by atomic mass is 10.1. The van der Waals surface area contributed by atoms with Crippen LogP contribution in [0.1, 0.15) is 5.56 Å². The summed E-state index contributed by atoms with van der Waals surface area (Å²) in [5, 5.41) is 8.25. The number of carboxylic acids is 1. The number of hydrogen-bond acceptors (Lipinski definition) is 2. The van der Waals surface area contributed by atoms with Crippen LogP contribution in [-0.2, 0) is 11.2 Å². The van der Waals surface area contributed by atoms with Crippen LogP contribution in [0.15, 0.2) is 29.2 Å². The maximum atomic E-state index is 12.8. The predicted octanol–water partition coefficient (Wildman–Crippen LogP) is 2.67. The topological polar surface area (TPSA) is 37.3 Å². The minimum atomic E-state index is -3.69. The fourth-order valence-electron chi connectivity index (χ4n) is 1.08. The Bertz CT molecular complexity index is 349. The number of alkyl halides is 2. The summed E-state index contributed by atoms with van der Waals surface area (Å²) in [5.74, 6) is -5.78. The Labute approximate surface area is 90.3 Å². The van der Waals surface area contributed by atoms with Crippen LogP contribution in [-0.4, -0.2) is 23.3 Å². The van der Waals surface area contributed by atoms with Crippen LogP contribution in [0.4, 0.5) is 8.78 Å². The van der Waals surface area contributed by atoms with Gasteiger partial charge in [-0.2, -0.15) is 8.78 Å². The van der Waals surface area contributed by atoms with Crippen LogP contribution >= 0.6 is 11.8 Å². The first-order valence-electron chi connectivity index (χ1n) is 4.20. The maximum Gasteiger partial charge on any atom is 0.374 e. The Morgan fingerprint density at radius 1 is 1.40 bits per heavy atom. The van der Waals surface area contributed by atoms with E-state index in [1.807, 2.05) is 6.26 Å². The fourth-order valence-corrected chi connectivity index (χ4v) is 1.48. The van der Waals surface area contributed by atoms with Gasteiger partial charge in [-0.05, 0) is 24.0 Å². The van der Waals surface area contributed by atoms with E-state index in [2.05, 4.69) is 0 Å². The Morgan fingerprint density at radius 3 is 2.33 bits per heavy atom. The van der Waals surface area contributed by atoms with Crippen molar-refractivity contribution in [3.05, 3.63) is 29.8 Å². The van der Waals surface area contributed by atoms with Crippen molar-refractivity contribution in [1.82, 2.24) is 0 Å². The van der Waals surface area contributed by atoms with Gasteiger partial charge in [-0.25, -0.2) is 4.79 Å². The molecule has 1 N–H and O–H groups in total. The normalized spacial score (nSPS) is 11.4. The molecule has 0 unspecified atom stereocenters. The predicted molar refractivity (Wildman–Crippen MR) is 54.5 cm³/mol. The molecule has 0 saturated heterocycles. The smallest absolute Gasteiger partial charge is 0.374 e. The van der Waals surface area contributed by atoms with E-state index in [9.17, 15) is 13.6 Å². The van der Waals surface area contributed by atoms with E-state index in [1.54, 1.807) is 12.1 Å². The highest BCUT2D eigenvalue weighted by Crippen LogP contribution is 2.22. The van der Waals surface area contributed by atoms with E-state index < -0.39 is 18.3 Å². The van der Waals surface area contributed by atoms with E-state index >= 15 is 0 Å². The second kappa shape index (κ2) is 4.61. The molecule has 0 radical (unpaired) electrons. The van der Waals surface area contributed by atoms with E-state index in [-0.39, 0.29) is 0 Å². The summed E-state index contributed by atoms with van der Waals surface area (Å²) in [6.45, 7) is 0. The Balaban J connectivity index is 2.77. The number of aliphatic carboxylic acids is 1. The molecule has 0 aliphatic carbocycles. The zero-order valence-electron chi connectivity index (χ0n) is 8.04. The minimum absolute atomic E-state index is 0.320. The summed E-state index contributed by atoms with van der Waals surface area (Å²) in [7, 11) is 0. The van der Waals surface area contributed by atoms with E-state index in [0.717, 1.165) is 4.90 Å². The molecule has 0 aromatic heterocycles. The molecule has 0 atom stereocenters. The average Bonchev–Trinajstić information content (AvgIpc) is 2.18. The highest BCUT2D eigenvalue weighted by atomic mass is 32.2.